The number of phenols is 1. The van der Waals surface area contributed by atoms with Crippen molar-refractivity contribution in [3.8, 4) is 5.75 Å². The van der Waals surface area contributed by atoms with Crippen LogP contribution >= 0.6 is 11.6 Å². The van der Waals surface area contributed by atoms with Gasteiger partial charge in [0.1, 0.15) is 11.3 Å². The van der Waals surface area contributed by atoms with E-state index in [1.807, 2.05) is 0 Å². The van der Waals surface area contributed by atoms with Gasteiger partial charge in [0.25, 0.3) is 0 Å². The van der Waals surface area contributed by atoms with Crippen molar-refractivity contribution in [3.63, 3.8) is 0 Å². The number of nitrogens with one attached hydrogen (secondary N) is 1. The highest BCUT2D eigenvalue weighted by Crippen LogP contribution is 2.26. The number of carboxylic acid groups (broad SMARTS) is 1. The Balaban J connectivity index is 1.60. The van der Waals surface area contributed by atoms with E-state index in [1.54, 1.807) is 36.4 Å². The number of aliphatic hydroxyl groups excluding tert-OH is 1. The molecule has 0 unspecified atom stereocenters. The van der Waals surface area contributed by atoms with Crippen LogP contribution in [0.3, 0.4) is 0 Å². The summed E-state index contributed by atoms with van der Waals surface area (Å²) in [4.78, 5) is 11.0. The molecular weight excluding hydrogens is 454 g/mol. The molecule has 3 aromatic rings. The third-order valence-electron chi connectivity index (χ3n) is 4.90. The normalized spacial score (nSPS) is 12.4. The fourth-order valence-corrected chi connectivity index (χ4v) is 4.61. The Morgan fingerprint density at radius 2 is 1.69 bits per heavy atom. The molecule has 32 heavy (non-hydrogen) atoms. The minimum absolute atomic E-state index is 0.0209. The summed E-state index contributed by atoms with van der Waals surface area (Å²) in [6.07, 6.45) is -0.0764. The number of carboxylic acids is 1. The molecule has 0 aliphatic heterocycles. The zero-order valence-electron chi connectivity index (χ0n) is 16.9. The highest BCUT2D eigenvalue weighted by molar-refractivity contribution is 7.91. The Morgan fingerprint density at radius 1 is 1.00 bits per heavy atom. The van der Waals surface area contributed by atoms with E-state index in [2.05, 4.69) is 5.32 Å². The SMILES string of the molecule is O=C(O)c1cc(S(=O)(=O)c2ccc(CCNC[C@H](O)c3cccc(Cl)c3)cc2)ccc1O. The summed E-state index contributed by atoms with van der Waals surface area (Å²) in [5, 5.41) is 32.6. The standard InChI is InChI=1S/C23H22ClNO6S/c24-17-3-1-2-16(12-17)22(27)14-25-11-10-15-4-6-18(7-5-15)32(30,31)19-8-9-21(26)20(13-19)23(28)29/h1-9,12-13,22,25-27H,10-11,14H2,(H,28,29)/t22-/m0/s1. The van der Waals surface area contributed by atoms with Crippen LogP contribution in [-0.4, -0.2) is 42.8 Å². The van der Waals surface area contributed by atoms with E-state index in [0.717, 1.165) is 23.3 Å². The van der Waals surface area contributed by atoms with Crippen LogP contribution < -0.4 is 5.32 Å². The molecule has 0 saturated carbocycles. The first-order valence-electron chi connectivity index (χ1n) is 9.73. The predicted octanol–water partition coefficient (Wildman–Crippen LogP) is 3.44. The van der Waals surface area contributed by atoms with E-state index in [1.165, 1.54) is 18.2 Å². The number of aromatic hydroxyl groups is 1. The molecule has 1 atom stereocenters. The fourth-order valence-electron chi connectivity index (χ4n) is 3.13. The van der Waals surface area contributed by atoms with Gasteiger partial charge in [0.05, 0.1) is 15.9 Å². The summed E-state index contributed by atoms with van der Waals surface area (Å²) in [6, 6.07) is 16.5. The van der Waals surface area contributed by atoms with Gasteiger partial charge in [-0.05, 0) is 66.6 Å². The molecule has 7 nitrogen and oxygen atoms in total. The average molecular weight is 476 g/mol. The molecule has 0 radical (unpaired) electrons. The Bertz CT molecular complexity index is 1210. The minimum Gasteiger partial charge on any atom is -0.507 e. The summed E-state index contributed by atoms with van der Waals surface area (Å²) in [6.45, 7) is 0.920. The van der Waals surface area contributed by atoms with E-state index < -0.39 is 33.2 Å². The third kappa shape index (κ3) is 5.66. The van der Waals surface area contributed by atoms with E-state index >= 15 is 0 Å². The van der Waals surface area contributed by atoms with Crippen LogP contribution in [0.4, 0.5) is 0 Å². The molecule has 0 aliphatic rings. The van der Waals surface area contributed by atoms with Crippen LogP contribution in [0.25, 0.3) is 0 Å². The zero-order chi connectivity index (χ0) is 23.3. The monoisotopic (exact) mass is 475 g/mol. The van der Waals surface area contributed by atoms with Gasteiger partial charge < -0.3 is 20.6 Å². The lowest BCUT2D eigenvalue weighted by atomic mass is 10.1. The van der Waals surface area contributed by atoms with Gasteiger partial charge in [0.15, 0.2) is 0 Å². The van der Waals surface area contributed by atoms with Gasteiger partial charge in [-0.25, -0.2) is 13.2 Å². The van der Waals surface area contributed by atoms with Crippen LogP contribution in [-0.2, 0) is 16.3 Å². The predicted molar refractivity (Wildman–Crippen MR) is 120 cm³/mol. The quantitative estimate of drug-likeness (QED) is 0.349. The lowest BCUT2D eigenvalue weighted by Gasteiger charge is -2.13. The van der Waals surface area contributed by atoms with E-state index in [9.17, 15) is 23.4 Å². The summed E-state index contributed by atoms with van der Waals surface area (Å²) in [5.74, 6) is -1.91. The maximum atomic E-state index is 12.8. The molecule has 0 fully saturated rings. The lowest BCUT2D eigenvalue weighted by molar-refractivity contribution is 0.0693. The van der Waals surface area contributed by atoms with Crippen molar-refractivity contribution in [3.05, 3.63) is 88.4 Å². The number of sulfone groups is 1. The van der Waals surface area contributed by atoms with Crippen LogP contribution in [0.5, 0.6) is 5.75 Å². The fraction of sp³-hybridized carbons (Fsp3) is 0.174. The van der Waals surface area contributed by atoms with Crippen molar-refractivity contribution < 1.29 is 28.5 Å². The third-order valence-corrected chi connectivity index (χ3v) is 6.91. The molecule has 3 aromatic carbocycles. The number of halogens is 1. The number of hydrogen-bond acceptors (Lipinski definition) is 6. The summed E-state index contributed by atoms with van der Waals surface area (Å²) in [5.41, 5.74) is 1.14. The van der Waals surface area contributed by atoms with E-state index in [-0.39, 0.29) is 9.79 Å². The maximum Gasteiger partial charge on any atom is 0.339 e. The van der Waals surface area contributed by atoms with E-state index in [4.69, 9.17) is 16.7 Å². The lowest BCUT2D eigenvalue weighted by Crippen LogP contribution is -2.23. The van der Waals surface area contributed by atoms with E-state index in [0.29, 0.717) is 24.5 Å². The van der Waals surface area contributed by atoms with Crippen molar-refractivity contribution in [2.24, 2.45) is 0 Å². The van der Waals surface area contributed by atoms with Crippen molar-refractivity contribution in [2.45, 2.75) is 22.3 Å². The number of rotatable bonds is 9. The Hall–Kier alpha value is -2.91. The van der Waals surface area contributed by atoms with Crippen molar-refractivity contribution in [1.82, 2.24) is 5.32 Å². The molecule has 9 heteroatoms. The Morgan fingerprint density at radius 3 is 2.34 bits per heavy atom. The average Bonchev–Trinajstić information content (AvgIpc) is 2.77. The molecule has 4 N–H and O–H groups in total. The smallest absolute Gasteiger partial charge is 0.339 e. The van der Waals surface area contributed by atoms with Gasteiger partial charge in [0, 0.05) is 11.6 Å². The molecule has 0 aliphatic carbocycles. The second kappa shape index (κ2) is 10.1. The summed E-state index contributed by atoms with van der Waals surface area (Å²) in [7, 11) is -3.93. The first kappa shape index (κ1) is 23.7. The summed E-state index contributed by atoms with van der Waals surface area (Å²) < 4.78 is 25.6. The first-order chi connectivity index (χ1) is 15.2. The van der Waals surface area contributed by atoms with Gasteiger partial charge in [-0.15, -0.1) is 0 Å². The molecule has 0 spiro atoms. The number of carbonyl (C=O) groups is 1. The first-order valence-corrected chi connectivity index (χ1v) is 11.6. The number of aliphatic hydroxyl groups is 1. The Kier molecular flexibility index (Phi) is 7.52. The zero-order valence-corrected chi connectivity index (χ0v) is 18.5. The largest absolute Gasteiger partial charge is 0.507 e. The molecule has 0 aromatic heterocycles. The Labute approximate surface area is 190 Å². The van der Waals surface area contributed by atoms with Gasteiger partial charge in [-0.2, -0.15) is 0 Å². The molecular formula is C23H22ClNO6S. The number of hydrogen-bond donors (Lipinski definition) is 4. The van der Waals surface area contributed by atoms with Crippen LogP contribution in [0.2, 0.25) is 5.02 Å². The molecule has 0 bridgehead atoms. The maximum absolute atomic E-state index is 12.8. The second-order valence-corrected chi connectivity index (χ2v) is 9.54. The van der Waals surface area contributed by atoms with Crippen molar-refractivity contribution in [1.29, 1.82) is 0 Å². The van der Waals surface area contributed by atoms with Crippen LogP contribution in [0.1, 0.15) is 27.6 Å². The molecule has 0 amide bonds. The molecule has 3 rings (SSSR count). The van der Waals surface area contributed by atoms with Gasteiger partial charge in [-0.3, -0.25) is 0 Å². The van der Waals surface area contributed by atoms with Crippen molar-refractivity contribution >= 4 is 27.4 Å². The highest BCUT2D eigenvalue weighted by Gasteiger charge is 2.21. The minimum atomic E-state index is -3.93. The summed E-state index contributed by atoms with van der Waals surface area (Å²) >= 11 is 5.93. The second-order valence-electron chi connectivity index (χ2n) is 7.16. The number of aromatic carboxylic acids is 1. The number of benzene rings is 3. The topological polar surface area (TPSA) is 124 Å². The molecule has 0 heterocycles. The highest BCUT2D eigenvalue weighted by atomic mass is 35.5. The van der Waals surface area contributed by atoms with Crippen molar-refractivity contribution in [2.75, 3.05) is 13.1 Å². The van der Waals surface area contributed by atoms with Crippen LogP contribution in [0.15, 0.2) is 76.5 Å². The van der Waals surface area contributed by atoms with Gasteiger partial charge >= 0.3 is 5.97 Å². The van der Waals surface area contributed by atoms with Crippen LogP contribution in [0, 0.1) is 0 Å². The molecule has 168 valence electrons. The van der Waals surface area contributed by atoms with Gasteiger partial charge in [-0.1, -0.05) is 35.9 Å². The van der Waals surface area contributed by atoms with Gasteiger partial charge in [0.2, 0.25) is 9.84 Å². The molecule has 0 saturated heterocycles.